The maximum Gasteiger partial charge on any atom is 0.421 e. The Bertz CT molecular complexity index is 160. The number of hydrogen-bond donors (Lipinski definition) is 2. The van der Waals surface area contributed by atoms with E-state index in [1.807, 2.05) is 0 Å². The number of hydrazine groups is 1. The van der Waals surface area contributed by atoms with E-state index in [9.17, 15) is 9.59 Å². The van der Waals surface area contributed by atoms with Crippen LogP contribution in [0, 0.1) is 0 Å². The molecule has 0 unspecified atom stereocenters. The van der Waals surface area contributed by atoms with E-state index in [0.29, 0.717) is 6.61 Å². The van der Waals surface area contributed by atoms with E-state index >= 15 is 0 Å². The van der Waals surface area contributed by atoms with Gasteiger partial charge in [-0.05, 0) is 6.92 Å². The second-order valence-corrected chi connectivity index (χ2v) is 1.78. The molecule has 0 bridgehead atoms. The number of esters is 1. The normalized spacial score (nSPS) is 8.83. The van der Waals surface area contributed by atoms with Gasteiger partial charge in [0.25, 0.3) is 0 Å². The molecule has 0 aromatic carbocycles. The lowest BCUT2D eigenvalue weighted by Gasteiger charge is -2.04. The minimum absolute atomic E-state index is 0.0804. The molecule has 6 nitrogen and oxygen atoms in total. The predicted octanol–water partition coefficient (Wildman–Crippen LogP) is -0.590. The van der Waals surface area contributed by atoms with E-state index in [1.165, 1.54) is 7.11 Å². The van der Waals surface area contributed by atoms with Crippen molar-refractivity contribution in [3.05, 3.63) is 0 Å². The van der Waals surface area contributed by atoms with Crippen molar-refractivity contribution >= 4 is 12.1 Å². The van der Waals surface area contributed by atoms with Crippen molar-refractivity contribution in [2.45, 2.75) is 6.92 Å². The zero-order chi connectivity index (χ0) is 9.40. The van der Waals surface area contributed by atoms with Crippen LogP contribution in [0.15, 0.2) is 0 Å². The fraction of sp³-hybridized carbons (Fsp3) is 0.667. The Kier molecular flexibility index (Phi) is 5.72. The number of amides is 1. The Hall–Kier alpha value is -1.30. The molecule has 0 aliphatic heterocycles. The number of nitrogens with one attached hydrogen (secondary N) is 2. The first-order valence-electron chi connectivity index (χ1n) is 3.43. The predicted molar refractivity (Wildman–Crippen MR) is 40.2 cm³/mol. The SMILES string of the molecule is CCOC(=O)CNNC(=O)OC. The number of hydrogen-bond acceptors (Lipinski definition) is 5. The van der Waals surface area contributed by atoms with Gasteiger partial charge < -0.3 is 9.47 Å². The van der Waals surface area contributed by atoms with Gasteiger partial charge >= 0.3 is 12.1 Å². The van der Waals surface area contributed by atoms with Gasteiger partial charge in [-0.25, -0.2) is 10.2 Å². The van der Waals surface area contributed by atoms with Crippen LogP contribution in [0.4, 0.5) is 4.79 Å². The van der Waals surface area contributed by atoms with Crippen LogP contribution in [-0.2, 0) is 14.3 Å². The fourth-order valence-corrected chi connectivity index (χ4v) is 0.452. The van der Waals surface area contributed by atoms with Gasteiger partial charge in [0.1, 0.15) is 6.54 Å². The molecular weight excluding hydrogens is 164 g/mol. The molecule has 12 heavy (non-hydrogen) atoms. The Morgan fingerprint density at radius 2 is 2.08 bits per heavy atom. The van der Waals surface area contributed by atoms with E-state index in [2.05, 4.69) is 20.3 Å². The maximum atomic E-state index is 10.6. The largest absolute Gasteiger partial charge is 0.465 e. The van der Waals surface area contributed by atoms with E-state index < -0.39 is 12.1 Å². The van der Waals surface area contributed by atoms with Crippen molar-refractivity contribution in [2.24, 2.45) is 0 Å². The standard InChI is InChI=1S/C6H12N2O4/c1-3-12-5(9)4-7-8-6(10)11-2/h7H,3-4H2,1-2H3,(H,8,10). The van der Waals surface area contributed by atoms with Gasteiger partial charge in [-0.2, -0.15) is 0 Å². The van der Waals surface area contributed by atoms with Crippen molar-refractivity contribution in [3.8, 4) is 0 Å². The zero-order valence-corrected chi connectivity index (χ0v) is 7.05. The summed E-state index contributed by atoms with van der Waals surface area (Å²) in [7, 11) is 1.22. The summed E-state index contributed by atoms with van der Waals surface area (Å²) >= 11 is 0. The molecule has 0 heterocycles. The molecule has 0 fully saturated rings. The van der Waals surface area contributed by atoms with Crippen molar-refractivity contribution in [1.82, 2.24) is 10.9 Å². The highest BCUT2D eigenvalue weighted by Gasteiger charge is 2.01. The fourth-order valence-electron chi connectivity index (χ4n) is 0.452. The first-order valence-corrected chi connectivity index (χ1v) is 3.43. The number of rotatable bonds is 4. The average molecular weight is 176 g/mol. The molecule has 0 saturated heterocycles. The van der Waals surface area contributed by atoms with Crippen LogP contribution in [-0.4, -0.2) is 32.3 Å². The zero-order valence-electron chi connectivity index (χ0n) is 7.05. The van der Waals surface area contributed by atoms with Crippen LogP contribution in [0.2, 0.25) is 0 Å². The summed E-state index contributed by atoms with van der Waals surface area (Å²) < 4.78 is 8.79. The van der Waals surface area contributed by atoms with Crippen molar-refractivity contribution in [3.63, 3.8) is 0 Å². The highest BCUT2D eigenvalue weighted by atomic mass is 16.5. The molecule has 70 valence electrons. The van der Waals surface area contributed by atoms with Crippen molar-refractivity contribution in [2.75, 3.05) is 20.3 Å². The van der Waals surface area contributed by atoms with Crippen LogP contribution in [0.25, 0.3) is 0 Å². The second-order valence-electron chi connectivity index (χ2n) is 1.78. The summed E-state index contributed by atoms with van der Waals surface area (Å²) in [5, 5.41) is 0. The van der Waals surface area contributed by atoms with Crippen molar-refractivity contribution < 1.29 is 19.1 Å². The Balaban J connectivity index is 3.30. The molecule has 0 aromatic heterocycles. The third-order valence-corrected chi connectivity index (χ3v) is 0.914. The Morgan fingerprint density at radius 3 is 2.58 bits per heavy atom. The highest BCUT2D eigenvalue weighted by Crippen LogP contribution is 1.73. The van der Waals surface area contributed by atoms with Crippen LogP contribution >= 0.6 is 0 Å². The van der Waals surface area contributed by atoms with E-state index in [1.54, 1.807) is 6.92 Å². The van der Waals surface area contributed by atoms with E-state index in [4.69, 9.17) is 0 Å². The molecule has 0 spiro atoms. The first kappa shape index (κ1) is 10.7. The van der Waals surface area contributed by atoms with Gasteiger partial charge in [0.05, 0.1) is 13.7 Å². The quantitative estimate of drug-likeness (QED) is 0.442. The number of carbonyl (C=O) groups is 2. The summed E-state index contributed by atoms with van der Waals surface area (Å²) in [5.41, 5.74) is 4.43. The summed E-state index contributed by atoms with van der Waals surface area (Å²) in [6, 6.07) is 0. The third kappa shape index (κ3) is 5.48. The minimum atomic E-state index is -0.653. The van der Waals surface area contributed by atoms with Crippen LogP contribution in [0.3, 0.4) is 0 Å². The molecule has 0 aliphatic carbocycles. The smallest absolute Gasteiger partial charge is 0.421 e. The average Bonchev–Trinajstić information content (AvgIpc) is 2.04. The van der Waals surface area contributed by atoms with Crippen LogP contribution in [0.5, 0.6) is 0 Å². The molecular formula is C6H12N2O4. The lowest BCUT2D eigenvalue weighted by atomic mass is 10.7. The highest BCUT2D eigenvalue weighted by molar-refractivity contribution is 5.72. The summed E-state index contributed by atoms with van der Waals surface area (Å²) in [4.78, 5) is 21.0. The van der Waals surface area contributed by atoms with Gasteiger partial charge in [0, 0.05) is 0 Å². The molecule has 1 amide bonds. The lowest BCUT2D eigenvalue weighted by Crippen LogP contribution is -2.40. The van der Waals surface area contributed by atoms with E-state index in [0.717, 1.165) is 0 Å². The van der Waals surface area contributed by atoms with Crippen molar-refractivity contribution in [1.29, 1.82) is 0 Å². The molecule has 0 aromatic rings. The van der Waals surface area contributed by atoms with E-state index in [-0.39, 0.29) is 6.54 Å². The Morgan fingerprint density at radius 1 is 1.42 bits per heavy atom. The van der Waals surface area contributed by atoms with Crippen LogP contribution < -0.4 is 10.9 Å². The molecule has 6 heteroatoms. The topological polar surface area (TPSA) is 76.7 Å². The minimum Gasteiger partial charge on any atom is -0.465 e. The monoisotopic (exact) mass is 176 g/mol. The summed E-state index contributed by atoms with van der Waals surface area (Å²) in [6.45, 7) is 1.94. The number of methoxy groups -OCH3 is 1. The molecule has 0 atom stereocenters. The summed E-state index contributed by atoms with van der Waals surface area (Å²) in [6.07, 6.45) is -0.653. The number of carbonyl (C=O) groups excluding carboxylic acids is 2. The second kappa shape index (κ2) is 6.41. The van der Waals surface area contributed by atoms with Crippen LogP contribution in [0.1, 0.15) is 6.92 Å². The van der Waals surface area contributed by atoms with Gasteiger partial charge in [0.2, 0.25) is 0 Å². The lowest BCUT2D eigenvalue weighted by molar-refractivity contribution is -0.142. The molecule has 2 N–H and O–H groups in total. The molecule has 0 saturated carbocycles. The first-order chi connectivity index (χ1) is 5.70. The van der Waals surface area contributed by atoms with Gasteiger partial charge in [-0.3, -0.25) is 10.2 Å². The molecule has 0 aliphatic rings. The van der Waals surface area contributed by atoms with Gasteiger partial charge in [-0.15, -0.1) is 0 Å². The molecule has 0 rings (SSSR count). The summed E-state index contributed by atoms with van der Waals surface area (Å²) in [5.74, 6) is -0.436. The van der Waals surface area contributed by atoms with Gasteiger partial charge in [-0.1, -0.05) is 0 Å². The Labute approximate surface area is 70.2 Å². The number of ether oxygens (including phenoxy) is 2. The maximum absolute atomic E-state index is 10.6. The third-order valence-electron chi connectivity index (χ3n) is 0.914. The molecule has 0 radical (unpaired) electrons. The van der Waals surface area contributed by atoms with Gasteiger partial charge in [0.15, 0.2) is 0 Å².